The van der Waals surface area contributed by atoms with Crippen molar-refractivity contribution in [1.29, 1.82) is 0 Å². The van der Waals surface area contributed by atoms with Gasteiger partial charge in [0.15, 0.2) is 0 Å². The van der Waals surface area contributed by atoms with Gasteiger partial charge in [-0.15, -0.1) is 0 Å². The maximum absolute atomic E-state index is 12.3. The summed E-state index contributed by atoms with van der Waals surface area (Å²) in [5.74, 6) is 1.22. The molecule has 2 aliphatic rings. The minimum absolute atomic E-state index is 0.280. The molecule has 3 heteroatoms. The zero-order valence-corrected chi connectivity index (χ0v) is 11.7. The average Bonchev–Trinajstić information content (AvgIpc) is 2.81. The molecule has 2 fully saturated rings. The van der Waals surface area contributed by atoms with Gasteiger partial charge >= 0.3 is 0 Å². The van der Waals surface area contributed by atoms with E-state index in [9.17, 15) is 4.79 Å². The van der Waals surface area contributed by atoms with Gasteiger partial charge in [-0.3, -0.25) is 4.79 Å². The molecule has 2 atom stereocenters. The maximum Gasteiger partial charge on any atom is 0.223 e. The van der Waals surface area contributed by atoms with Crippen LogP contribution in [0.1, 0.15) is 58.3 Å². The van der Waals surface area contributed by atoms with Crippen LogP contribution >= 0.6 is 0 Å². The molecule has 0 aromatic rings. The minimum atomic E-state index is 0.280. The first-order chi connectivity index (χ1) is 8.77. The van der Waals surface area contributed by atoms with E-state index in [1.807, 2.05) is 0 Å². The summed E-state index contributed by atoms with van der Waals surface area (Å²) < 4.78 is 0. The third-order valence-electron chi connectivity index (χ3n) is 4.65. The van der Waals surface area contributed by atoms with Crippen molar-refractivity contribution in [1.82, 2.24) is 10.6 Å². The molecule has 18 heavy (non-hydrogen) atoms. The lowest BCUT2D eigenvalue weighted by Gasteiger charge is -2.24. The van der Waals surface area contributed by atoms with Gasteiger partial charge in [0.2, 0.25) is 5.91 Å². The van der Waals surface area contributed by atoms with E-state index < -0.39 is 0 Å². The second-order valence-electron chi connectivity index (χ2n) is 6.09. The molecule has 1 aliphatic carbocycles. The van der Waals surface area contributed by atoms with Crippen molar-refractivity contribution >= 4 is 5.91 Å². The molecule has 0 spiro atoms. The number of carbonyl (C=O) groups is 1. The Kier molecular flexibility index (Phi) is 5.48. The Labute approximate surface area is 111 Å². The molecule has 2 unspecified atom stereocenters. The van der Waals surface area contributed by atoms with Crippen LogP contribution < -0.4 is 10.6 Å². The van der Waals surface area contributed by atoms with Crippen molar-refractivity contribution in [2.75, 3.05) is 13.1 Å². The molecule has 0 aromatic heterocycles. The Morgan fingerprint density at radius 1 is 1.11 bits per heavy atom. The van der Waals surface area contributed by atoms with Crippen molar-refractivity contribution in [3.63, 3.8) is 0 Å². The van der Waals surface area contributed by atoms with Gasteiger partial charge in [0, 0.05) is 12.0 Å². The van der Waals surface area contributed by atoms with Gasteiger partial charge in [0.25, 0.3) is 0 Å². The standard InChI is InChI=1S/C15H28N2O/c1-12(14-9-10-16-11-14)17-15(18)13-7-5-3-2-4-6-8-13/h12-14,16H,2-11H2,1H3,(H,17,18). The molecular weight excluding hydrogens is 224 g/mol. The van der Waals surface area contributed by atoms with Gasteiger partial charge in [-0.25, -0.2) is 0 Å². The van der Waals surface area contributed by atoms with Gasteiger partial charge in [0.05, 0.1) is 0 Å². The molecule has 0 aromatic carbocycles. The second-order valence-corrected chi connectivity index (χ2v) is 6.09. The molecule has 1 heterocycles. The summed E-state index contributed by atoms with van der Waals surface area (Å²) in [5, 5.41) is 6.63. The first-order valence-corrected chi connectivity index (χ1v) is 7.78. The Hall–Kier alpha value is -0.570. The Bertz CT molecular complexity index is 253. The van der Waals surface area contributed by atoms with Crippen molar-refractivity contribution < 1.29 is 4.79 Å². The monoisotopic (exact) mass is 252 g/mol. The topological polar surface area (TPSA) is 41.1 Å². The van der Waals surface area contributed by atoms with E-state index >= 15 is 0 Å². The summed E-state index contributed by atoms with van der Waals surface area (Å²) in [5.41, 5.74) is 0. The van der Waals surface area contributed by atoms with E-state index in [-0.39, 0.29) is 5.92 Å². The predicted molar refractivity (Wildman–Crippen MR) is 74.4 cm³/mol. The third kappa shape index (κ3) is 3.98. The highest BCUT2D eigenvalue weighted by Crippen LogP contribution is 2.23. The summed E-state index contributed by atoms with van der Waals surface area (Å²) in [7, 11) is 0. The summed E-state index contributed by atoms with van der Waals surface area (Å²) >= 11 is 0. The lowest BCUT2D eigenvalue weighted by Crippen LogP contribution is -2.42. The third-order valence-corrected chi connectivity index (χ3v) is 4.65. The summed E-state index contributed by atoms with van der Waals surface area (Å²) in [6.07, 6.45) is 9.85. The van der Waals surface area contributed by atoms with Crippen LogP contribution in [0.3, 0.4) is 0 Å². The van der Waals surface area contributed by atoms with E-state index in [1.165, 1.54) is 38.5 Å². The largest absolute Gasteiger partial charge is 0.353 e. The molecule has 2 rings (SSSR count). The van der Waals surface area contributed by atoms with Crippen molar-refractivity contribution in [2.45, 2.75) is 64.3 Å². The normalized spacial score (nSPS) is 28.4. The van der Waals surface area contributed by atoms with Crippen LogP contribution in [-0.4, -0.2) is 25.0 Å². The molecule has 1 amide bonds. The quantitative estimate of drug-likeness (QED) is 0.810. The highest BCUT2D eigenvalue weighted by molar-refractivity contribution is 5.78. The number of hydrogen-bond donors (Lipinski definition) is 2. The minimum Gasteiger partial charge on any atom is -0.353 e. The van der Waals surface area contributed by atoms with E-state index in [2.05, 4.69) is 17.6 Å². The molecule has 0 radical (unpaired) electrons. The van der Waals surface area contributed by atoms with Crippen molar-refractivity contribution in [3.8, 4) is 0 Å². The van der Waals surface area contributed by atoms with Crippen LogP contribution in [0.15, 0.2) is 0 Å². The Balaban J connectivity index is 1.77. The highest BCUT2D eigenvalue weighted by atomic mass is 16.1. The Morgan fingerprint density at radius 3 is 2.39 bits per heavy atom. The first-order valence-electron chi connectivity index (χ1n) is 7.78. The number of carbonyl (C=O) groups excluding carboxylic acids is 1. The predicted octanol–water partition coefficient (Wildman–Crippen LogP) is 2.46. The number of hydrogen-bond acceptors (Lipinski definition) is 2. The molecule has 1 saturated carbocycles. The van der Waals surface area contributed by atoms with E-state index in [0.717, 1.165) is 25.9 Å². The molecule has 1 saturated heterocycles. The summed E-state index contributed by atoms with van der Waals surface area (Å²) in [6, 6.07) is 0.331. The fourth-order valence-corrected chi connectivity index (χ4v) is 3.28. The molecule has 104 valence electrons. The van der Waals surface area contributed by atoms with Crippen LogP contribution in [0.25, 0.3) is 0 Å². The zero-order valence-electron chi connectivity index (χ0n) is 11.7. The van der Waals surface area contributed by atoms with Crippen LogP contribution in [0.4, 0.5) is 0 Å². The Morgan fingerprint density at radius 2 is 1.78 bits per heavy atom. The molecule has 3 nitrogen and oxygen atoms in total. The number of nitrogens with one attached hydrogen (secondary N) is 2. The lowest BCUT2D eigenvalue weighted by molar-refractivity contribution is -0.126. The molecule has 1 aliphatic heterocycles. The van der Waals surface area contributed by atoms with Crippen LogP contribution in [0.5, 0.6) is 0 Å². The fraction of sp³-hybridized carbons (Fsp3) is 0.933. The van der Waals surface area contributed by atoms with Gasteiger partial charge in [-0.05, 0) is 45.2 Å². The second kappa shape index (κ2) is 7.13. The van der Waals surface area contributed by atoms with Gasteiger partial charge in [-0.1, -0.05) is 32.1 Å². The van der Waals surface area contributed by atoms with Crippen molar-refractivity contribution in [2.24, 2.45) is 11.8 Å². The van der Waals surface area contributed by atoms with Crippen LogP contribution in [0.2, 0.25) is 0 Å². The van der Waals surface area contributed by atoms with E-state index in [4.69, 9.17) is 0 Å². The van der Waals surface area contributed by atoms with E-state index in [0.29, 0.717) is 17.9 Å². The van der Waals surface area contributed by atoms with Gasteiger partial charge in [0.1, 0.15) is 0 Å². The SMILES string of the molecule is CC(NC(=O)C1CCCCCCC1)C1CCNC1. The number of rotatable bonds is 3. The van der Waals surface area contributed by atoms with Crippen molar-refractivity contribution in [3.05, 3.63) is 0 Å². The summed E-state index contributed by atoms with van der Waals surface area (Å²) in [6.45, 7) is 4.33. The smallest absolute Gasteiger partial charge is 0.223 e. The average molecular weight is 252 g/mol. The molecular formula is C15H28N2O. The zero-order chi connectivity index (χ0) is 12.8. The van der Waals surface area contributed by atoms with E-state index in [1.54, 1.807) is 0 Å². The molecule has 0 bridgehead atoms. The van der Waals surface area contributed by atoms with Crippen LogP contribution in [-0.2, 0) is 4.79 Å². The fourth-order valence-electron chi connectivity index (χ4n) is 3.28. The highest BCUT2D eigenvalue weighted by Gasteiger charge is 2.25. The summed E-state index contributed by atoms with van der Waals surface area (Å²) in [4.78, 5) is 12.3. The van der Waals surface area contributed by atoms with Crippen LogP contribution in [0, 0.1) is 11.8 Å². The lowest BCUT2D eigenvalue weighted by atomic mass is 9.90. The van der Waals surface area contributed by atoms with Gasteiger partial charge in [-0.2, -0.15) is 0 Å². The molecule has 2 N–H and O–H groups in total. The maximum atomic E-state index is 12.3. The van der Waals surface area contributed by atoms with Gasteiger partial charge < -0.3 is 10.6 Å². The number of amides is 1. The first kappa shape index (κ1) is 13.9.